The van der Waals surface area contributed by atoms with Crippen LogP contribution in [0, 0.1) is 11.6 Å². The standard InChI is InChI=1S/C8H4F2O10S2/c9-3-1(7(11)12)5(21(15,16)17)6(22(18,19)20)2(4(3)10)8(13)14/h(H,11,12)(H,13,14)(H,15,16,17)(H,18,19,20). The molecule has 122 valence electrons. The number of aromatic carboxylic acids is 2. The lowest BCUT2D eigenvalue weighted by atomic mass is 10.1. The molecule has 0 fully saturated rings. The minimum Gasteiger partial charge on any atom is -0.478 e. The lowest BCUT2D eigenvalue weighted by Gasteiger charge is -2.13. The Morgan fingerprint density at radius 2 is 0.955 bits per heavy atom. The van der Waals surface area contributed by atoms with Crippen LogP contribution in [0.2, 0.25) is 0 Å². The molecule has 0 radical (unpaired) electrons. The molecule has 4 N–H and O–H groups in total. The second kappa shape index (κ2) is 5.24. The van der Waals surface area contributed by atoms with Gasteiger partial charge in [0, 0.05) is 0 Å². The first-order valence-corrected chi connectivity index (χ1v) is 7.55. The maximum absolute atomic E-state index is 13.6. The summed E-state index contributed by atoms with van der Waals surface area (Å²) >= 11 is 0. The van der Waals surface area contributed by atoms with Crippen LogP contribution < -0.4 is 0 Å². The molecule has 0 aromatic heterocycles. The number of rotatable bonds is 4. The predicted molar refractivity (Wildman–Crippen MR) is 59.9 cm³/mol. The number of halogens is 2. The number of carbonyl (C=O) groups is 2. The molecule has 0 spiro atoms. The molecule has 0 heterocycles. The molecule has 0 aliphatic carbocycles. The van der Waals surface area contributed by atoms with Crippen molar-refractivity contribution < 1.29 is 54.5 Å². The maximum Gasteiger partial charge on any atom is 0.340 e. The fourth-order valence-electron chi connectivity index (χ4n) is 1.52. The van der Waals surface area contributed by atoms with Crippen LogP contribution in [-0.2, 0) is 20.2 Å². The highest BCUT2D eigenvalue weighted by Crippen LogP contribution is 2.33. The summed E-state index contributed by atoms with van der Waals surface area (Å²) in [5.41, 5.74) is -4.37. The van der Waals surface area contributed by atoms with Crippen molar-refractivity contribution in [1.82, 2.24) is 0 Å². The summed E-state index contributed by atoms with van der Waals surface area (Å²) in [4.78, 5) is 17.0. The van der Waals surface area contributed by atoms with Gasteiger partial charge in [-0.25, -0.2) is 18.4 Å². The zero-order chi connectivity index (χ0) is 17.6. The van der Waals surface area contributed by atoms with Crippen LogP contribution in [0.15, 0.2) is 9.79 Å². The van der Waals surface area contributed by atoms with Crippen molar-refractivity contribution in [1.29, 1.82) is 0 Å². The third kappa shape index (κ3) is 2.89. The Morgan fingerprint density at radius 1 is 0.727 bits per heavy atom. The van der Waals surface area contributed by atoms with E-state index in [0.29, 0.717) is 0 Å². The van der Waals surface area contributed by atoms with Gasteiger partial charge in [0.2, 0.25) is 0 Å². The molecule has 0 amide bonds. The average Bonchev–Trinajstić information content (AvgIpc) is 2.27. The monoisotopic (exact) mass is 362 g/mol. The van der Waals surface area contributed by atoms with Crippen LogP contribution in [-0.4, -0.2) is 48.1 Å². The van der Waals surface area contributed by atoms with Crippen LogP contribution >= 0.6 is 0 Å². The van der Waals surface area contributed by atoms with Gasteiger partial charge in [0.05, 0.1) is 0 Å². The first-order valence-electron chi connectivity index (χ1n) is 4.67. The van der Waals surface area contributed by atoms with Gasteiger partial charge in [-0.2, -0.15) is 16.8 Å². The van der Waals surface area contributed by atoms with Crippen molar-refractivity contribution in [2.45, 2.75) is 9.79 Å². The maximum atomic E-state index is 13.6. The van der Waals surface area contributed by atoms with E-state index in [1.54, 1.807) is 0 Å². The van der Waals surface area contributed by atoms with E-state index in [4.69, 9.17) is 19.3 Å². The average molecular weight is 362 g/mol. The Kier molecular flexibility index (Phi) is 4.26. The van der Waals surface area contributed by atoms with Gasteiger partial charge >= 0.3 is 11.9 Å². The smallest absolute Gasteiger partial charge is 0.340 e. The van der Waals surface area contributed by atoms with Gasteiger partial charge in [0.25, 0.3) is 20.2 Å². The molecule has 0 saturated heterocycles. The highest BCUT2D eigenvalue weighted by atomic mass is 32.2. The normalized spacial score (nSPS) is 12.2. The molecule has 1 aromatic rings. The summed E-state index contributed by atoms with van der Waals surface area (Å²) in [6.45, 7) is 0. The predicted octanol–water partition coefficient (Wildman–Crippen LogP) is -0.145. The SMILES string of the molecule is O=C(O)c1c(F)c(F)c(C(=O)O)c(S(=O)(=O)O)c1S(=O)(=O)O. The second-order valence-corrected chi connectivity index (χ2v) is 6.31. The van der Waals surface area contributed by atoms with Crippen LogP contribution in [0.5, 0.6) is 0 Å². The van der Waals surface area contributed by atoms with Crippen molar-refractivity contribution in [3.05, 3.63) is 22.8 Å². The summed E-state index contributed by atoms with van der Waals surface area (Å²) in [5.74, 6) is -10.2. The van der Waals surface area contributed by atoms with E-state index in [2.05, 4.69) is 0 Å². The van der Waals surface area contributed by atoms with Crippen LogP contribution in [0.3, 0.4) is 0 Å². The van der Waals surface area contributed by atoms with Gasteiger partial charge in [0.15, 0.2) is 11.6 Å². The van der Waals surface area contributed by atoms with E-state index in [1.807, 2.05) is 0 Å². The van der Waals surface area contributed by atoms with Crippen molar-refractivity contribution in [3.63, 3.8) is 0 Å². The van der Waals surface area contributed by atoms with Gasteiger partial charge in [-0.15, -0.1) is 0 Å². The van der Waals surface area contributed by atoms with E-state index in [-0.39, 0.29) is 0 Å². The first kappa shape index (κ1) is 17.9. The Hall–Kier alpha value is -2.16. The van der Waals surface area contributed by atoms with Crippen molar-refractivity contribution in [3.8, 4) is 0 Å². The van der Waals surface area contributed by atoms with E-state index in [0.717, 1.165) is 0 Å². The van der Waals surface area contributed by atoms with Crippen LogP contribution in [0.4, 0.5) is 8.78 Å². The minimum absolute atomic E-state index is 2.18. The second-order valence-electron chi connectivity index (χ2n) is 3.60. The van der Waals surface area contributed by atoms with Crippen LogP contribution in [0.25, 0.3) is 0 Å². The zero-order valence-electron chi connectivity index (χ0n) is 9.81. The molecule has 0 aliphatic rings. The van der Waals surface area contributed by atoms with E-state index < -0.39 is 64.7 Å². The largest absolute Gasteiger partial charge is 0.478 e. The molecule has 22 heavy (non-hydrogen) atoms. The molecular formula is C8H4F2O10S2. The molecule has 1 rings (SSSR count). The summed E-state index contributed by atoms with van der Waals surface area (Å²) < 4.78 is 89.2. The lowest BCUT2D eigenvalue weighted by molar-refractivity contribution is 0.0661. The van der Waals surface area contributed by atoms with Crippen molar-refractivity contribution in [2.24, 2.45) is 0 Å². The molecule has 0 aliphatic heterocycles. The highest BCUT2D eigenvalue weighted by molar-refractivity contribution is 7.89. The summed E-state index contributed by atoms with van der Waals surface area (Å²) in [5, 5.41) is 17.3. The molecular weight excluding hydrogens is 358 g/mol. The minimum atomic E-state index is -5.88. The fraction of sp³-hybridized carbons (Fsp3) is 0. The van der Waals surface area contributed by atoms with Gasteiger partial charge in [0.1, 0.15) is 20.9 Å². The lowest BCUT2D eigenvalue weighted by Crippen LogP contribution is -2.22. The van der Waals surface area contributed by atoms with Crippen molar-refractivity contribution in [2.75, 3.05) is 0 Å². The van der Waals surface area contributed by atoms with Crippen molar-refractivity contribution >= 4 is 32.2 Å². The summed E-state index contributed by atoms with van der Waals surface area (Å²) in [7, 11) is -11.8. The number of hydrogen-bond acceptors (Lipinski definition) is 6. The summed E-state index contributed by atoms with van der Waals surface area (Å²) in [6.07, 6.45) is 0. The van der Waals surface area contributed by atoms with E-state index in [9.17, 15) is 35.2 Å². The fourth-order valence-corrected chi connectivity index (χ4v) is 3.69. The molecule has 14 heteroatoms. The van der Waals surface area contributed by atoms with Crippen LogP contribution in [0.1, 0.15) is 20.7 Å². The highest BCUT2D eigenvalue weighted by Gasteiger charge is 2.41. The van der Waals surface area contributed by atoms with Gasteiger partial charge in [-0.05, 0) is 0 Å². The van der Waals surface area contributed by atoms with Gasteiger partial charge < -0.3 is 10.2 Å². The molecule has 10 nitrogen and oxygen atoms in total. The quantitative estimate of drug-likeness (QED) is 0.525. The number of carboxylic acids is 2. The molecule has 1 aromatic carbocycles. The Balaban J connectivity index is 4.46. The third-order valence-corrected chi connectivity index (χ3v) is 4.21. The first-order chi connectivity index (χ1) is 9.71. The Morgan fingerprint density at radius 3 is 1.09 bits per heavy atom. The van der Waals surface area contributed by atoms with E-state index >= 15 is 0 Å². The Bertz CT molecular complexity index is 825. The molecule has 0 bridgehead atoms. The van der Waals surface area contributed by atoms with Gasteiger partial charge in [-0.3, -0.25) is 9.11 Å². The van der Waals surface area contributed by atoms with E-state index in [1.165, 1.54) is 0 Å². The Labute approximate surface area is 120 Å². The summed E-state index contributed by atoms with van der Waals surface area (Å²) in [6, 6.07) is 0. The topological polar surface area (TPSA) is 183 Å². The third-order valence-electron chi connectivity index (χ3n) is 2.24. The van der Waals surface area contributed by atoms with Gasteiger partial charge in [-0.1, -0.05) is 0 Å². The molecule has 0 unspecified atom stereocenters. The zero-order valence-corrected chi connectivity index (χ0v) is 11.4. The number of carboxylic acid groups (broad SMARTS) is 2. The number of hydrogen-bond donors (Lipinski definition) is 4. The molecule has 0 saturated carbocycles. The number of benzene rings is 1. The molecule has 0 atom stereocenters.